The number of rotatable bonds is 5. The third kappa shape index (κ3) is 3.69. The summed E-state index contributed by atoms with van der Waals surface area (Å²) in [6.07, 6.45) is 6.03. The van der Waals surface area contributed by atoms with Crippen LogP contribution in [-0.2, 0) is 5.54 Å². The van der Waals surface area contributed by atoms with E-state index in [-0.39, 0.29) is 27.0 Å². The summed E-state index contributed by atoms with van der Waals surface area (Å²) in [5, 5.41) is 3.48. The summed E-state index contributed by atoms with van der Waals surface area (Å²) in [6, 6.07) is 2.64. The molecule has 1 saturated carbocycles. The van der Waals surface area contributed by atoms with Gasteiger partial charge in [-0.25, -0.2) is 23.1 Å². The van der Waals surface area contributed by atoms with Gasteiger partial charge in [-0.05, 0) is 42.6 Å². The van der Waals surface area contributed by atoms with Gasteiger partial charge in [-0.2, -0.15) is 0 Å². The van der Waals surface area contributed by atoms with E-state index in [9.17, 15) is 18.0 Å². The third-order valence-electron chi connectivity index (χ3n) is 5.54. The molecule has 1 aromatic carbocycles. The van der Waals surface area contributed by atoms with Gasteiger partial charge in [0.2, 0.25) is 0 Å². The molecule has 1 aliphatic rings. The fraction of sp³-hybridized carbons (Fsp3) is 0.318. The number of pyridine rings is 1. The number of halogens is 4. The topological polar surface area (TPSA) is 59.8 Å². The van der Waals surface area contributed by atoms with Crippen molar-refractivity contribution in [3.63, 3.8) is 0 Å². The quantitative estimate of drug-likeness (QED) is 0.497. The third-order valence-corrected chi connectivity index (χ3v) is 6.25. The van der Waals surface area contributed by atoms with Crippen molar-refractivity contribution in [3.8, 4) is 12.3 Å². The highest BCUT2D eigenvalue weighted by molar-refractivity contribution is 9.10. The molecule has 0 amide bonds. The Morgan fingerprint density at radius 3 is 2.58 bits per heavy atom. The van der Waals surface area contributed by atoms with Crippen LogP contribution in [-0.4, -0.2) is 14.5 Å². The summed E-state index contributed by atoms with van der Waals surface area (Å²) >= 11 is 3.35. The zero-order valence-corrected chi connectivity index (χ0v) is 18.3. The van der Waals surface area contributed by atoms with Crippen LogP contribution in [0.5, 0.6) is 0 Å². The van der Waals surface area contributed by atoms with Crippen molar-refractivity contribution in [2.75, 3.05) is 5.32 Å². The number of hydrogen-bond acceptors (Lipinski definition) is 4. The van der Waals surface area contributed by atoms with Crippen LogP contribution in [0.1, 0.15) is 49.2 Å². The number of nitrogens with one attached hydrogen (secondary N) is 1. The lowest BCUT2D eigenvalue weighted by atomic mass is 10.0. The highest BCUT2D eigenvalue weighted by Gasteiger charge is 2.40. The molecule has 1 N–H and O–H groups in total. The van der Waals surface area contributed by atoms with Crippen molar-refractivity contribution in [2.45, 2.75) is 44.7 Å². The predicted octanol–water partition coefficient (Wildman–Crippen LogP) is 5.23. The van der Waals surface area contributed by atoms with Crippen LogP contribution in [0.2, 0.25) is 0 Å². The summed E-state index contributed by atoms with van der Waals surface area (Å²) in [5.41, 5.74) is -0.925. The lowest BCUT2D eigenvalue weighted by molar-refractivity contribution is 0.146. The van der Waals surface area contributed by atoms with Gasteiger partial charge in [0.1, 0.15) is 28.0 Å². The summed E-state index contributed by atoms with van der Waals surface area (Å²) < 4.78 is 42.9. The van der Waals surface area contributed by atoms with Gasteiger partial charge in [0, 0.05) is 17.3 Å². The fourth-order valence-electron chi connectivity index (χ4n) is 3.50. The molecule has 9 heteroatoms. The van der Waals surface area contributed by atoms with Crippen molar-refractivity contribution in [1.29, 1.82) is 0 Å². The van der Waals surface area contributed by atoms with Crippen LogP contribution < -0.4 is 10.9 Å². The number of terminal acetylenes is 1. The number of anilines is 1. The highest BCUT2D eigenvalue weighted by atomic mass is 79.9. The van der Waals surface area contributed by atoms with Gasteiger partial charge in [0.25, 0.3) is 12.0 Å². The zero-order chi connectivity index (χ0) is 22.5. The Hall–Kier alpha value is -2.86. The second-order valence-corrected chi connectivity index (χ2v) is 8.59. The van der Waals surface area contributed by atoms with Crippen LogP contribution in [0.25, 0.3) is 10.9 Å². The summed E-state index contributed by atoms with van der Waals surface area (Å²) in [6.45, 7) is 3.62. The van der Waals surface area contributed by atoms with Gasteiger partial charge in [0.05, 0.1) is 16.5 Å². The zero-order valence-electron chi connectivity index (χ0n) is 16.7. The van der Waals surface area contributed by atoms with Gasteiger partial charge < -0.3 is 9.88 Å². The van der Waals surface area contributed by atoms with Gasteiger partial charge in [-0.3, -0.25) is 4.79 Å². The molecule has 5 nitrogen and oxygen atoms in total. The van der Waals surface area contributed by atoms with Gasteiger partial charge in [-0.1, -0.05) is 24.1 Å². The lowest BCUT2D eigenvalue weighted by Gasteiger charge is -2.20. The number of nitrogens with zero attached hydrogens (tertiary/aromatic N) is 3. The molecule has 31 heavy (non-hydrogen) atoms. The van der Waals surface area contributed by atoms with Crippen LogP contribution in [0.4, 0.5) is 19.0 Å². The van der Waals surface area contributed by atoms with E-state index in [0.717, 1.165) is 18.9 Å². The smallest absolute Gasteiger partial charge is 0.267 e. The molecule has 0 saturated heterocycles. The molecule has 0 bridgehead atoms. The molecule has 0 spiro atoms. The first-order chi connectivity index (χ1) is 14.7. The number of hydrogen-bond donors (Lipinski definition) is 1. The van der Waals surface area contributed by atoms with Crippen molar-refractivity contribution in [1.82, 2.24) is 14.5 Å². The average molecular weight is 491 g/mol. The van der Waals surface area contributed by atoms with E-state index in [2.05, 4.69) is 37.1 Å². The minimum Gasteiger partial charge on any atom is -0.352 e. The van der Waals surface area contributed by atoms with Crippen LogP contribution >= 0.6 is 15.9 Å². The molecule has 160 valence electrons. The maximum Gasteiger partial charge on any atom is 0.267 e. The number of aryl methyl sites for hydroxylation is 1. The predicted molar refractivity (Wildman–Crippen MR) is 116 cm³/mol. The molecule has 1 atom stereocenters. The molecule has 3 aromatic rings. The van der Waals surface area contributed by atoms with Crippen LogP contribution in [0.3, 0.4) is 0 Å². The van der Waals surface area contributed by atoms with Crippen molar-refractivity contribution in [2.24, 2.45) is 0 Å². The number of benzene rings is 1. The van der Waals surface area contributed by atoms with E-state index in [1.165, 1.54) is 12.1 Å². The summed E-state index contributed by atoms with van der Waals surface area (Å²) in [5.74, 6) is 1.99. The van der Waals surface area contributed by atoms with Crippen molar-refractivity contribution in [3.05, 3.63) is 62.0 Å². The van der Waals surface area contributed by atoms with E-state index >= 15 is 0 Å². The number of aromatic nitrogens is 3. The van der Waals surface area contributed by atoms with Crippen molar-refractivity contribution < 1.29 is 13.2 Å². The Labute approximate surface area is 184 Å². The van der Waals surface area contributed by atoms with Gasteiger partial charge in [0.15, 0.2) is 0 Å². The van der Waals surface area contributed by atoms with Gasteiger partial charge in [-0.15, -0.1) is 6.42 Å². The Morgan fingerprint density at radius 1 is 1.29 bits per heavy atom. The minimum atomic E-state index is -2.97. The maximum atomic E-state index is 14.7. The standard InChI is InChI=1S/C22H18BrF3N4O/c1-4-15(12-6-5-7-13(17(12)24)19(25)26)29-20-14-10-30(22(3)8-9-22)21(31)16(23)18(14)27-11(2)28-20/h1,5-7,10,15,19H,8-9H2,2-3H3,(H,27,28,29). The largest absolute Gasteiger partial charge is 0.352 e. The summed E-state index contributed by atoms with van der Waals surface area (Å²) in [4.78, 5) is 21.6. The Bertz CT molecular complexity index is 1290. The molecule has 1 fully saturated rings. The molecular weight excluding hydrogens is 473 g/mol. The molecular formula is C22H18BrF3N4O. The van der Waals surface area contributed by atoms with E-state index in [0.29, 0.717) is 16.7 Å². The summed E-state index contributed by atoms with van der Waals surface area (Å²) in [7, 11) is 0. The molecule has 1 aliphatic carbocycles. The van der Waals surface area contributed by atoms with Crippen molar-refractivity contribution >= 4 is 32.7 Å². The van der Waals surface area contributed by atoms with Crippen LogP contribution in [0, 0.1) is 25.1 Å². The minimum absolute atomic E-state index is 0.0914. The SMILES string of the molecule is C#CC(Nc1nc(C)nc2c(Br)c(=O)n(C3(C)CC3)cc12)c1cccc(C(F)F)c1F. The lowest BCUT2D eigenvalue weighted by Crippen LogP contribution is -2.29. The number of fused-ring (bicyclic) bond motifs is 1. The van der Waals surface area contributed by atoms with E-state index in [4.69, 9.17) is 6.42 Å². The average Bonchev–Trinajstić information content (AvgIpc) is 3.47. The normalized spacial score (nSPS) is 15.7. The Balaban J connectivity index is 1.86. The number of alkyl halides is 2. The second-order valence-electron chi connectivity index (χ2n) is 7.79. The van der Waals surface area contributed by atoms with E-state index < -0.39 is 23.8 Å². The molecule has 2 heterocycles. The van der Waals surface area contributed by atoms with Crippen LogP contribution in [0.15, 0.2) is 33.7 Å². The first kappa shape index (κ1) is 21.4. The molecule has 0 aliphatic heterocycles. The Kier molecular flexibility index (Phi) is 5.30. The first-order valence-corrected chi connectivity index (χ1v) is 10.3. The first-order valence-electron chi connectivity index (χ1n) is 9.55. The molecule has 2 aromatic heterocycles. The monoisotopic (exact) mass is 490 g/mol. The van der Waals surface area contributed by atoms with Gasteiger partial charge >= 0.3 is 0 Å². The fourth-order valence-corrected chi connectivity index (χ4v) is 4.00. The van der Waals surface area contributed by atoms with E-state index in [1.54, 1.807) is 17.7 Å². The molecule has 1 unspecified atom stereocenters. The molecule has 0 radical (unpaired) electrons. The van der Waals surface area contributed by atoms with E-state index in [1.807, 2.05) is 6.92 Å². The maximum absolute atomic E-state index is 14.7. The molecule has 4 rings (SSSR count). The second kappa shape index (κ2) is 7.68. The Morgan fingerprint density at radius 2 is 1.97 bits per heavy atom. The highest BCUT2D eigenvalue weighted by Crippen LogP contribution is 2.43.